The molecule has 2 aromatic carbocycles. The fraction of sp³-hybridized carbons (Fsp3) is 0.0714. The van der Waals surface area contributed by atoms with Crippen LogP contribution in [0, 0.1) is 11.3 Å². The van der Waals surface area contributed by atoms with Gasteiger partial charge < -0.3 is 5.32 Å². The molecule has 96 valence electrons. The van der Waals surface area contributed by atoms with E-state index in [0.29, 0.717) is 22.2 Å². The fourth-order valence-electron chi connectivity index (χ4n) is 1.64. The van der Waals surface area contributed by atoms with Crippen LogP contribution in [0.25, 0.3) is 0 Å². The Morgan fingerprint density at radius 1 is 1.21 bits per heavy atom. The average Bonchev–Trinajstić information content (AvgIpc) is 2.41. The molecule has 0 amide bonds. The van der Waals surface area contributed by atoms with Gasteiger partial charge in [-0.25, -0.2) is 0 Å². The molecule has 2 nitrogen and oxygen atoms in total. The average molecular weight is 356 g/mol. The predicted molar refractivity (Wildman–Crippen MR) is 82.6 cm³/mol. The molecule has 0 saturated carbocycles. The van der Waals surface area contributed by atoms with Crippen molar-refractivity contribution in [3.8, 4) is 6.07 Å². The molecular weight excluding hydrogens is 347 g/mol. The van der Waals surface area contributed by atoms with E-state index in [1.165, 1.54) is 0 Å². The van der Waals surface area contributed by atoms with Crippen molar-refractivity contribution < 1.29 is 0 Å². The molecular formula is C14H9BrCl2N2. The molecule has 0 aliphatic carbocycles. The Labute approximate surface area is 130 Å². The lowest BCUT2D eigenvalue weighted by atomic mass is 10.1. The van der Waals surface area contributed by atoms with Crippen molar-refractivity contribution in [3.63, 3.8) is 0 Å². The molecule has 0 bridgehead atoms. The molecule has 19 heavy (non-hydrogen) atoms. The molecule has 0 saturated heterocycles. The number of anilines is 1. The van der Waals surface area contributed by atoms with Gasteiger partial charge in [0, 0.05) is 11.0 Å². The molecule has 0 heterocycles. The van der Waals surface area contributed by atoms with Gasteiger partial charge >= 0.3 is 0 Å². The third-order valence-electron chi connectivity index (χ3n) is 2.60. The maximum Gasteiger partial charge on any atom is 0.101 e. The van der Waals surface area contributed by atoms with Gasteiger partial charge in [-0.2, -0.15) is 5.26 Å². The fourth-order valence-corrected chi connectivity index (χ4v) is 2.39. The largest absolute Gasteiger partial charge is 0.380 e. The maximum absolute atomic E-state index is 9.08. The summed E-state index contributed by atoms with van der Waals surface area (Å²) < 4.78 is 0.871. The minimum atomic E-state index is 0.510. The molecule has 0 unspecified atom stereocenters. The highest BCUT2D eigenvalue weighted by atomic mass is 79.9. The van der Waals surface area contributed by atoms with E-state index in [2.05, 4.69) is 27.3 Å². The first-order valence-electron chi connectivity index (χ1n) is 5.48. The van der Waals surface area contributed by atoms with Crippen LogP contribution in [0.1, 0.15) is 11.1 Å². The van der Waals surface area contributed by atoms with E-state index in [1.807, 2.05) is 24.3 Å². The lowest BCUT2D eigenvalue weighted by molar-refractivity contribution is 1.15. The van der Waals surface area contributed by atoms with Gasteiger partial charge in [0.05, 0.1) is 21.3 Å². The zero-order chi connectivity index (χ0) is 13.8. The molecule has 2 aromatic rings. The first-order chi connectivity index (χ1) is 9.11. The van der Waals surface area contributed by atoms with Crippen molar-refractivity contribution in [2.45, 2.75) is 6.54 Å². The minimum absolute atomic E-state index is 0.510. The van der Waals surface area contributed by atoms with E-state index in [4.69, 9.17) is 28.5 Å². The summed E-state index contributed by atoms with van der Waals surface area (Å²) in [6.07, 6.45) is 0. The Morgan fingerprint density at radius 2 is 2.00 bits per heavy atom. The van der Waals surface area contributed by atoms with Gasteiger partial charge in [-0.3, -0.25) is 0 Å². The highest BCUT2D eigenvalue weighted by molar-refractivity contribution is 9.10. The molecule has 0 aliphatic heterocycles. The molecule has 0 spiro atoms. The number of nitriles is 1. The summed E-state index contributed by atoms with van der Waals surface area (Å²) in [5.41, 5.74) is 2.23. The Bertz CT molecular complexity index is 650. The second-order valence-corrected chi connectivity index (χ2v) is 5.57. The first-order valence-corrected chi connectivity index (χ1v) is 7.03. The second-order valence-electron chi connectivity index (χ2n) is 3.87. The maximum atomic E-state index is 9.08. The standard InChI is InChI=1S/C14H9BrCl2N2/c15-11-4-5-13(10(6-11)7-18)19-8-9-2-1-3-12(16)14(9)17/h1-6,19H,8H2. The second kappa shape index (κ2) is 6.29. The monoisotopic (exact) mass is 354 g/mol. The normalized spacial score (nSPS) is 10.0. The van der Waals surface area contributed by atoms with Crippen LogP contribution in [0.4, 0.5) is 5.69 Å². The molecule has 0 fully saturated rings. The van der Waals surface area contributed by atoms with E-state index in [1.54, 1.807) is 12.1 Å². The molecule has 0 radical (unpaired) electrons. The minimum Gasteiger partial charge on any atom is -0.380 e. The summed E-state index contributed by atoms with van der Waals surface area (Å²) in [7, 11) is 0. The smallest absolute Gasteiger partial charge is 0.101 e. The van der Waals surface area contributed by atoms with Crippen molar-refractivity contribution in [1.29, 1.82) is 5.26 Å². The zero-order valence-electron chi connectivity index (χ0n) is 9.75. The van der Waals surface area contributed by atoms with E-state index >= 15 is 0 Å². The third-order valence-corrected chi connectivity index (χ3v) is 3.95. The quantitative estimate of drug-likeness (QED) is 0.817. The van der Waals surface area contributed by atoms with Crippen LogP contribution < -0.4 is 5.32 Å². The molecule has 0 aliphatic rings. The van der Waals surface area contributed by atoms with Crippen LogP contribution in [0.2, 0.25) is 10.0 Å². The summed E-state index contributed by atoms with van der Waals surface area (Å²) in [6.45, 7) is 0.510. The Hall–Kier alpha value is -1.21. The molecule has 0 atom stereocenters. The summed E-state index contributed by atoms with van der Waals surface area (Å²) >= 11 is 15.4. The van der Waals surface area contributed by atoms with E-state index in [-0.39, 0.29) is 0 Å². The summed E-state index contributed by atoms with van der Waals surface area (Å²) in [4.78, 5) is 0. The number of benzene rings is 2. The number of nitrogens with zero attached hydrogens (tertiary/aromatic N) is 1. The molecule has 2 rings (SSSR count). The van der Waals surface area contributed by atoms with Gasteiger partial charge in [0.25, 0.3) is 0 Å². The van der Waals surface area contributed by atoms with Crippen molar-refractivity contribution in [2.75, 3.05) is 5.32 Å². The summed E-state index contributed by atoms with van der Waals surface area (Å²) in [5.74, 6) is 0. The van der Waals surface area contributed by atoms with Gasteiger partial charge in [-0.15, -0.1) is 0 Å². The third kappa shape index (κ3) is 3.42. The van der Waals surface area contributed by atoms with E-state index in [0.717, 1.165) is 15.7 Å². The van der Waals surface area contributed by atoms with Crippen molar-refractivity contribution in [1.82, 2.24) is 0 Å². The summed E-state index contributed by atoms with van der Waals surface area (Å²) in [6, 6.07) is 13.1. The number of hydrogen-bond acceptors (Lipinski definition) is 2. The lowest BCUT2D eigenvalue weighted by Crippen LogP contribution is -2.02. The Balaban J connectivity index is 2.20. The SMILES string of the molecule is N#Cc1cc(Br)ccc1NCc1cccc(Cl)c1Cl. The van der Waals surface area contributed by atoms with Crippen LogP contribution in [-0.4, -0.2) is 0 Å². The van der Waals surface area contributed by atoms with Crippen LogP contribution in [0.3, 0.4) is 0 Å². The summed E-state index contributed by atoms with van der Waals surface area (Å²) in [5, 5.41) is 13.3. The number of rotatable bonds is 3. The highest BCUT2D eigenvalue weighted by Crippen LogP contribution is 2.27. The Kier molecular flexibility index (Phi) is 4.71. The van der Waals surface area contributed by atoms with Crippen LogP contribution in [0.15, 0.2) is 40.9 Å². The van der Waals surface area contributed by atoms with E-state index in [9.17, 15) is 0 Å². The van der Waals surface area contributed by atoms with E-state index < -0.39 is 0 Å². The van der Waals surface area contributed by atoms with Crippen molar-refractivity contribution in [3.05, 3.63) is 62.0 Å². The van der Waals surface area contributed by atoms with Crippen LogP contribution in [-0.2, 0) is 6.54 Å². The zero-order valence-corrected chi connectivity index (χ0v) is 12.9. The van der Waals surface area contributed by atoms with Gasteiger partial charge in [-0.05, 0) is 29.8 Å². The molecule has 1 N–H and O–H groups in total. The highest BCUT2D eigenvalue weighted by Gasteiger charge is 2.06. The predicted octanol–water partition coefficient (Wildman–Crippen LogP) is 5.24. The topological polar surface area (TPSA) is 35.8 Å². The number of hydrogen-bond donors (Lipinski definition) is 1. The first kappa shape index (κ1) is 14.2. The van der Waals surface area contributed by atoms with Crippen LogP contribution in [0.5, 0.6) is 0 Å². The van der Waals surface area contributed by atoms with Gasteiger partial charge in [-0.1, -0.05) is 51.3 Å². The molecule has 0 aromatic heterocycles. The van der Waals surface area contributed by atoms with Crippen LogP contribution >= 0.6 is 39.1 Å². The number of halogens is 3. The number of nitrogens with one attached hydrogen (secondary N) is 1. The van der Waals surface area contributed by atoms with Crippen molar-refractivity contribution in [2.24, 2.45) is 0 Å². The lowest BCUT2D eigenvalue weighted by Gasteiger charge is -2.10. The molecule has 5 heteroatoms. The Morgan fingerprint density at radius 3 is 2.74 bits per heavy atom. The van der Waals surface area contributed by atoms with Crippen molar-refractivity contribution >= 4 is 44.8 Å². The van der Waals surface area contributed by atoms with Gasteiger partial charge in [0.2, 0.25) is 0 Å². The van der Waals surface area contributed by atoms with Gasteiger partial charge in [0.15, 0.2) is 0 Å². The van der Waals surface area contributed by atoms with Gasteiger partial charge in [0.1, 0.15) is 6.07 Å².